The highest BCUT2D eigenvalue weighted by Gasteiger charge is 2.19. The maximum Gasteiger partial charge on any atom is 0.270 e. The van der Waals surface area contributed by atoms with Crippen molar-refractivity contribution in [2.45, 2.75) is 13.5 Å². The van der Waals surface area contributed by atoms with E-state index in [1.807, 2.05) is 37.3 Å². The highest BCUT2D eigenvalue weighted by molar-refractivity contribution is 7.18. The van der Waals surface area contributed by atoms with Gasteiger partial charge in [-0.2, -0.15) is 0 Å². The minimum absolute atomic E-state index is 0.0525. The molecular weight excluding hydrogens is 348 g/mol. The average Bonchev–Trinajstić information content (AvgIpc) is 3.04. The van der Waals surface area contributed by atoms with Crippen molar-refractivity contribution in [2.24, 2.45) is 0 Å². The molecule has 130 valence electrons. The van der Waals surface area contributed by atoms with Gasteiger partial charge in [-0.05, 0) is 30.7 Å². The number of benzene rings is 1. The van der Waals surface area contributed by atoms with Gasteiger partial charge in [0.1, 0.15) is 16.2 Å². The second-order valence-corrected chi connectivity index (χ2v) is 7.26. The summed E-state index contributed by atoms with van der Waals surface area (Å²) in [6.07, 6.45) is 3.04. The molecule has 0 unspecified atom stereocenters. The van der Waals surface area contributed by atoms with Crippen LogP contribution in [0.15, 0.2) is 53.6 Å². The lowest BCUT2D eigenvalue weighted by atomic mass is 10.2. The lowest BCUT2D eigenvalue weighted by Gasteiger charge is -2.15. The number of hydrogen-bond acceptors (Lipinski definition) is 5. The first-order valence-corrected chi connectivity index (χ1v) is 8.92. The molecule has 0 bridgehead atoms. The minimum Gasteiger partial charge on any atom is -0.335 e. The summed E-state index contributed by atoms with van der Waals surface area (Å²) in [5.74, 6) is -0.363. The summed E-state index contributed by atoms with van der Waals surface area (Å²) < 4.78 is 2.49. The van der Waals surface area contributed by atoms with Crippen molar-refractivity contribution in [1.82, 2.24) is 19.3 Å². The zero-order valence-corrected chi connectivity index (χ0v) is 15.2. The Morgan fingerprint density at radius 1 is 1.23 bits per heavy atom. The topological polar surface area (TPSA) is 67.6 Å². The van der Waals surface area contributed by atoms with Crippen molar-refractivity contribution in [3.8, 4) is 0 Å². The molecule has 3 aromatic heterocycles. The van der Waals surface area contributed by atoms with E-state index in [9.17, 15) is 9.59 Å². The van der Waals surface area contributed by atoms with Crippen LogP contribution < -0.4 is 5.56 Å². The molecule has 4 aromatic rings. The lowest BCUT2D eigenvalue weighted by Crippen LogP contribution is -2.33. The van der Waals surface area contributed by atoms with Gasteiger partial charge in [-0.25, -0.2) is 9.97 Å². The molecule has 0 aliphatic heterocycles. The Morgan fingerprint density at radius 2 is 2.04 bits per heavy atom. The first-order valence-electron chi connectivity index (χ1n) is 8.11. The van der Waals surface area contributed by atoms with Crippen LogP contribution in [-0.4, -0.2) is 32.2 Å². The Hall–Kier alpha value is -3.06. The zero-order valence-electron chi connectivity index (χ0n) is 14.3. The largest absolute Gasteiger partial charge is 0.335 e. The highest BCUT2D eigenvalue weighted by atomic mass is 32.1. The van der Waals surface area contributed by atoms with Crippen LogP contribution in [0.2, 0.25) is 0 Å². The van der Waals surface area contributed by atoms with Gasteiger partial charge in [0.2, 0.25) is 0 Å². The number of aromatic nitrogens is 3. The van der Waals surface area contributed by atoms with E-state index in [0.717, 1.165) is 20.8 Å². The summed E-state index contributed by atoms with van der Waals surface area (Å²) in [6, 6.07) is 11.5. The molecule has 0 spiro atoms. The van der Waals surface area contributed by atoms with Gasteiger partial charge in [-0.1, -0.05) is 18.2 Å². The molecule has 0 saturated heterocycles. The number of thiazole rings is 1. The molecule has 0 aliphatic carbocycles. The molecule has 0 atom stereocenters. The molecule has 1 amide bonds. The summed E-state index contributed by atoms with van der Waals surface area (Å²) in [4.78, 5) is 35.7. The van der Waals surface area contributed by atoms with E-state index >= 15 is 0 Å². The predicted octanol–water partition coefficient (Wildman–Crippen LogP) is 2.88. The molecule has 0 N–H and O–H groups in total. The van der Waals surface area contributed by atoms with Crippen LogP contribution in [0, 0.1) is 6.92 Å². The van der Waals surface area contributed by atoms with E-state index < -0.39 is 0 Å². The molecule has 26 heavy (non-hydrogen) atoms. The van der Waals surface area contributed by atoms with E-state index in [0.29, 0.717) is 12.2 Å². The number of carbonyl (C=O) groups excluding carboxylic acids is 1. The normalized spacial score (nSPS) is 11.2. The van der Waals surface area contributed by atoms with Crippen LogP contribution in [0.5, 0.6) is 0 Å². The first-order chi connectivity index (χ1) is 12.5. The number of fused-ring (bicyclic) bond motifs is 2. The summed E-state index contributed by atoms with van der Waals surface area (Å²) in [7, 11) is 1.67. The van der Waals surface area contributed by atoms with Gasteiger partial charge in [0.05, 0.1) is 16.8 Å². The quantitative estimate of drug-likeness (QED) is 0.561. The molecule has 4 rings (SSSR count). The van der Waals surface area contributed by atoms with Crippen molar-refractivity contribution < 1.29 is 4.79 Å². The number of nitrogens with zero attached hydrogens (tertiary/aromatic N) is 4. The average molecular weight is 364 g/mol. The number of pyridine rings is 1. The fraction of sp³-hybridized carbons (Fsp3) is 0.158. The Kier molecular flexibility index (Phi) is 4.00. The maximum absolute atomic E-state index is 12.8. The Balaban J connectivity index is 1.65. The van der Waals surface area contributed by atoms with Gasteiger partial charge in [0.25, 0.3) is 11.5 Å². The van der Waals surface area contributed by atoms with E-state index in [1.54, 1.807) is 30.6 Å². The van der Waals surface area contributed by atoms with Gasteiger partial charge in [-0.3, -0.25) is 14.0 Å². The summed E-state index contributed by atoms with van der Waals surface area (Å²) in [6.45, 7) is 2.23. The summed E-state index contributed by atoms with van der Waals surface area (Å²) >= 11 is 1.54. The van der Waals surface area contributed by atoms with Gasteiger partial charge < -0.3 is 4.90 Å². The number of carbonyl (C=O) groups is 1. The van der Waals surface area contributed by atoms with E-state index in [4.69, 9.17) is 0 Å². The number of rotatable bonds is 3. The third-order valence-electron chi connectivity index (χ3n) is 4.14. The Labute approximate surface area is 153 Å². The first kappa shape index (κ1) is 16.4. The van der Waals surface area contributed by atoms with Gasteiger partial charge in [0, 0.05) is 19.4 Å². The third-order valence-corrected chi connectivity index (χ3v) is 5.16. The smallest absolute Gasteiger partial charge is 0.270 e. The van der Waals surface area contributed by atoms with Crippen LogP contribution >= 0.6 is 11.3 Å². The number of hydrogen-bond donors (Lipinski definition) is 0. The van der Waals surface area contributed by atoms with Crippen LogP contribution in [0.1, 0.15) is 20.9 Å². The second kappa shape index (κ2) is 6.34. The number of amides is 1. The minimum atomic E-state index is -0.363. The van der Waals surface area contributed by atoms with Crippen LogP contribution in [0.4, 0.5) is 0 Å². The molecule has 0 radical (unpaired) electrons. The lowest BCUT2D eigenvalue weighted by molar-refractivity contribution is 0.0782. The molecule has 0 fully saturated rings. The molecule has 6 nitrogen and oxygen atoms in total. The molecule has 3 heterocycles. The second-order valence-electron chi connectivity index (χ2n) is 6.15. The Bertz CT molecular complexity index is 1160. The van der Waals surface area contributed by atoms with Crippen molar-refractivity contribution in [3.63, 3.8) is 0 Å². The Morgan fingerprint density at radius 3 is 2.85 bits per heavy atom. The molecule has 0 aliphatic rings. The number of aryl methyl sites for hydroxylation is 1. The van der Waals surface area contributed by atoms with Gasteiger partial charge in [0.15, 0.2) is 0 Å². The standard InChI is InChI=1S/C19H16N4O2S/c1-12-7-8-16-20-9-13(19(25)23(16)10-12)18(24)22(2)11-17-21-14-5-3-4-6-15(14)26-17/h3-10H,11H2,1-2H3. The van der Waals surface area contributed by atoms with Crippen LogP contribution in [0.3, 0.4) is 0 Å². The van der Waals surface area contributed by atoms with E-state index in [1.165, 1.54) is 15.5 Å². The third kappa shape index (κ3) is 2.86. The van der Waals surface area contributed by atoms with Crippen molar-refractivity contribution in [2.75, 3.05) is 7.05 Å². The van der Waals surface area contributed by atoms with Gasteiger partial charge >= 0.3 is 0 Å². The maximum atomic E-state index is 12.8. The summed E-state index contributed by atoms with van der Waals surface area (Å²) in [5.41, 5.74) is 2.05. The van der Waals surface area contributed by atoms with E-state index in [2.05, 4.69) is 9.97 Å². The molecule has 1 aromatic carbocycles. The zero-order chi connectivity index (χ0) is 18.3. The fourth-order valence-corrected chi connectivity index (χ4v) is 3.82. The van der Waals surface area contributed by atoms with Crippen LogP contribution in [0.25, 0.3) is 15.9 Å². The highest BCUT2D eigenvalue weighted by Crippen LogP contribution is 2.22. The van der Waals surface area contributed by atoms with Crippen molar-refractivity contribution in [3.05, 3.63) is 75.3 Å². The molecule has 0 saturated carbocycles. The van der Waals surface area contributed by atoms with Crippen molar-refractivity contribution >= 4 is 33.1 Å². The monoisotopic (exact) mass is 364 g/mol. The predicted molar refractivity (Wildman–Crippen MR) is 102 cm³/mol. The van der Waals surface area contributed by atoms with Crippen LogP contribution in [-0.2, 0) is 6.54 Å². The fourth-order valence-electron chi connectivity index (χ4n) is 2.80. The number of para-hydroxylation sites is 1. The van der Waals surface area contributed by atoms with Gasteiger partial charge in [-0.15, -0.1) is 11.3 Å². The summed E-state index contributed by atoms with van der Waals surface area (Å²) in [5, 5.41) is 0.826. The van der Waals surface area contributed by atoms with E-state index in [-0.39, 0.29) is 17.0 Å². The van der Waals surface area contributed by atoms with Crippen molar-refractivity contribution in [1.29, 1.82) is 0 Å². The molecular formula is C19H16N4O2S. The SMILES string of the molecule is Cc1ccc2ncc(C(=O)N(C)Cc3nc4ccccc4s3)c(=O)n2c1. The molecule has 7 heteroatoms.